The first-order valence-electron chi connectivity index (χ1n) is 9.08. The van der Waals surface area contributed by atoms with E-state index in [0.29, 0.717) is 18.0 Å². The zero-order chi connectivity index (χ0) is 19.6. The van der Waals surface area contributed by atoms with Gasteiger partial charge in [-0.25, -0.2) is 9.78 Å². The van der Waals surface area contributed by atoms with Crippen molar-refractivity contribution in [2.75, 3.05) is 20.2 Å². The molecule has 2 aromatic rings. The van der Waals surface area contributed by atoms with Gasteiger partial charge in [0.1, 0.15) is 9.88 Å². The van der Waals surface area contributed by atoms with E-state index >= 15 is 0 Å². The van der Waals surface area contributed by atoms with Crippen molar-refractivity contribution in [2.24, 2.45) is 0 Å². The van der Waals surface area contributed by atoms with Gasteiger partial charge in [-0.05, 0) is 39.2 Å². The second kappa shape index (κ2) is 8.08. The summed E-state index contributed by atoms with van der Waals surface area (Å²) in [5.41, 5.74) is 4.19. The van der Waals surface area contributed by atoms with E-state index in [2.05, 4.69) is 42.3 Å². The molecule has 0 atom stereocenters. The molecule has 6 nitrogen and oxygen atoms in total. The lowest BCUT2D eigenvalue weighted by atomic mass is 10.1. The summed E-state index contributed by atoms with van der Waals surface area (Å²) in [5.74, 6) is -0.0856. The van der Waals surface area contributed by atoms with E-state index in [0.717, 1.165) is 34.7 Å². The van der Waals surface area contributed by atoms with Gasteiger partial charge >= 0.3 is 6.09 Å². The summed E-state index contributed by atoms with van der Waals surface area (Å²) in [6.45, 7) is 7.18. The number of carbonyl (C=O) groups excluding carboxylic acids is 2. The van der Waals surface area contributed by atoms with Crippen LogP contribution >= 0.6 is 11.3 Å². The Hall–Kier alpha value is -2.41. The number of nitrogens with zero attached hydrogens (tertiary/aromatic N) is 2. The number of methoxy groups -OCH3 is 1. The van der Waals surface area contributed by atoms with Crippen LogP contribution in [0.3, 0.4) is 0 Å². The maximum absolute atomic E-state index is 12.7. The van der Waals surface area contributed by atoms with Crippen LogP contribution in [0.25, 0.3) is 10.6 Å². The van der Waals surface area contributed by atoms with Gasteiger partial charge in [0.15, 0.2) is 0 Å². The van der Waals surface area contributed by atoms with Crippen molar-refractivity contribution in [3.63, 3.8) is 0 Å². The highest BCUT2D eigenvalue weighted by molar-refractivity contribution is 7.17. The van der Waals surface area contributed by atoms with E-state index in [-0.39, 0.29) is 18.0 Å². The number of aromatic nitrogens is 1. The Labute approximate surface area is 163 Å². The molecular weight excluding hydrogens is 362 g/mol. The molecule has 1 N–H and O–H groups in total. The number of hydrogen-bond donors (Lipinski definition) is 1. The van der Waals surface area contributed by atoms with Crippen LogP contribution in [0.4, 0.5) is 4.79 Å². The van der Waals surface area contributed by atoms with Crippen molar-refractivity contribution in [3.05, 3.63) is 39.9 Å². The van der Waals surface area contributed by atoms with Crippen LogP contribution in [0.1, 0.15) is 39.3 Å². The van der Waals surface area contributed by atoms with E-state index in [9.17, 15) is 9.59 Å². The van der Waals surface area contributed by atoms with Crippen molar-refractivity contribution < 1.29 is 14.3 Å². The minimum absolute atomic E-state index is 0.0597. The predicted molar refractivity (Wildman–Crippen MR) is 106 cm³/mol. The highest BCUT2D eigenvalue weighted by atomic mass is 32.1. The Kier molecular flexibility index (Phi) is 5.79. The third-order valence-corrected chi connectivity index (χ3v) is 6.07. The van der Waals surface area contributed by atoms with Crippen molar-refractivity contribution in [1.29, 1.82) is 0 Å². The molecule has 144 valence electrons. The molecule has 0 saturated carbocycles. The van der Waals surface area contributed by atoms with E-state index in [1.165, 1.54) is 24.0 Å². The predicted octanol–water partition coefficient (Wildman–Crippen LogP) is 3.70. The minimum atomic E-state index is -0.309. The molecule has 1 saturated heterocycles. The first kappa shape index (κ1) is 19.4. The van der Waals surface area contributed by atoms with Crippen LogP contribution in [0.15, 0.2) is 18.2 Å². The highest BCUT2D eigenvalue weighted by Gasteiger charge is 2.26. The molecule has 0 radical (unpaired) electrons. The van der Waals surface area contributed by atoms with Gasteiger partial charge < -0.3 is 15.0 Å². The number of thiazole rings is 1. The average Bonchev–Trinajstić information content (AvgIpc) is 3.03. The van der Waals surface area contributed by atoms with Crippen LogP contribution in [0.5, 0.6) is 0 Å². The Morgan fingerprint density at radius 3 is 2.56 bits per heavy atom. The summed E-state index contributed by atoms with van der Waals surface area (Å²) in [4.78, 5) is 31.2. The lowest BCUT2D eigenvalue weighted by molar-refractivity contribution is 0.0895. The highest BCUT2D eigenvalue weighted by Crippen LogP contribution is 2.30. The molecule has 1 aromatic heterocycles. The second-order valence-corrected chi connectivity index (χ2v) is 7.96. The number of piperidine rings is 1. The normalized spacial score (nSPS) is 14.9. The number of likely N-dealkylation sites (tertiary alicyclic amines) is 1. The van der Waals surface area contributed by atoms with Crippen molar-refractivity contribution in [3.8, 4) is 10.6 Å². The number of amides is 2. The number of nitrogens with one attached hydrogen (secondary N) is 1. The SMILES string of the molecule is COC(=O)N1CCC(NC(=O)c2sc(-c3ccc(C)cc3C)nc2C)CC1. The fraction of sp³-hybridized carbons (Fsp3) is 0.450. The summed E-state index contributed by atoms with van der Waals surface area (Å²) in [6, 6.07) is 6.31. The van der Waals surface area contributed by atoms with Crippen LogP contribution in [0, 0.1) is 20.8 Å². The number of hydrogen-bond acceptors (Lipinski definition) is 5. The quantitative estimate of drug-likeness (QED) is 0.872. The van der Waals surface area contributed by atoms with Crippen LogP contribution < -0.4 is 5.32 Å². The van der Waals surface area contributed by atoms with Crippen LogP contribution in [0.2, 0.25) is 0 Å². The van der Waals surface area contributed by atoms with Crippen molar-refractivity contribution in [1.82, 2.24) is 15.2 Å². The summed E-state index contributed by atoms with van der Waals surface area (Å²) >= 11 is 1.43. The topological polar surface area (TPSA) is 71.5 Å². The smallest absolute Gasteiger partial charge is 0.409 e. The number of rotatable bonds is 3. The molecule has 1 fully saturated rings. The van der Waals surface area contributed by atoms with Gasteiger partial charge in [-0.3, -0.25) is 4.79 Å². The number of benzene rings is 1. The third-order valence-electron chi connectivity index (χ3n) is 4.88. The van der Waals surface area contributed by atoms with Gasteiger partial charge in [0.25, 0.3) is 5.91 Å². The Morgan fingerprint density at radius 2 is 1.93 bits per heavy atom. The lowest BCUT2D eigenvalue weighted by Crippen LogP contribution is -2.46. The molecule has 1 aliphatic heterocycles. The van der Waals surface area contributed by atoms with Gasteiger partial charge in [0, 0.05) is 24.7 Å². The van der Waals surface area contributed by atoms with Gasteiger partial charge in [0.05, 0.1) is 12.8 Å². The van der Waals surface area contributed by atoms with E-state index in [4.69, 9.17) is 4.74 Å². The zero-order valence-electron chi connectivity index (χ0n) is 16.2. The third kappa shape index (κ3) is 4.30. The Balaban J connectivity index is 1.68. The van der Waals surface area contributed by atoms with Crippen LogP contribution in [-0.4, -0.2) is 48.1 Å². The van der Waals surface area contributed by atoms with Crippen molar-refractivity contribution >= 4 is 23.3 Å². The summed E-state index contributed by atoms with van der Waals surface area (Å²) in [6.07, 6.45) is 1.14. The number of carbonyl (C=O) groups is 2. The van der Waals surface area contributed by atoms with Crippen molar-refractivity contribution in [2.45, 2.75) is 39.7 Å². The summed E-state index contributed by atoms with van der Waals surface area (Å²) < 4.78 is 4.75. The van der Waals surface area contributed by atoms with Gasteiger partial charge in [-0.2, -0.15) is 0 Å². The van der Waals surface area contributed by atoms with E-state index < -0.39 is 0 Å². The molecule has 2 amide bonds. The number of ether oxygens (including phenoxy) is 1. The maximum atomic E-state index is 12.7. The molecule has 1 aliphatic rings. The minimum Gasteiger partial charge on any atom is -0.453 e. The monoisotopic (exact) mass is 387 g/mol. The Morgan fingerprint density at radius 1 is 1.22 bits per heavy atom. The zero-order valence-corrected chi connectivity index (χ0v) is 17.0. The maximum Gasteiger partial charge on any atom is 0.409 e. The Bertz CT molecular complexity index is 854. The molecule has 7 heteroatoms. The standard InChI is InChI=1S/C20H25N3O3S/c1-12-5-6-16(13(2)11-12)19-21-14(3)17(27-19)18(24)22-15-7-9-23(10-8-15)20(25)26-4/h5-6,11,15H,7-10H2,1-4H3,(H,22,24). The van der Waals surface area contributed by atoms with Crippen LogP contribution in [-0.2, 0) is 4.74 Å². The van der Waals surface area contributed by atoms with Gasteiger partial charge in [-0.1, -0.05) is 23.8 Å². The average molecular weight is 388 g/mol. The molecule has 0 spiro atoms. The summed E-state index contributed by atoms with van der Waals surface area (Å²) in [7, 11) is 1.39. The molecule has 2 heterocycles. The molecule has 0 unspecified atom stereocenters. The first-order chi connectivity index (χ1) is 12.9. The molecule has 0 bridgehead atoms. The molecule has 1 aromatic carbocycles. The van der Waals surface area contributed by atoms with Gasteiger partial charge in [0.2, 0.25) is 0 Å². The fourth-order valence-corrected chi connectivity index (χ4v) is 4.42. The number of aryl methyl sites for hydroxylation is 3. The summed E-state index contributed by atoms with van der Waals surface area (Å²) in [5, 5.41) is 3.97. The second-order valence-electron chi connectivity index (χ2n) is 6.96. The molecule has 3 rings (SSSR count). The molecule has 27 heavy (non-hydrogen) atoms. The first-order valence-corrected chi connectivity index (χ1v) is 9.89. The lowest BCUT2D eigenvalue weighted by Gasteiger charge is -2.31. The fourth-order valence-electron chi connectivity index (χ4n) is 3.36. The molecular formula is C20H25N3O3S. The van der Waals surface area contributed by atoms with Gasteiger partial charge in [-0.15, -0.1) is 11.3 Å². The van der Waals surface area contributed by atoms with E-state index in [1.54, 1.807) is 4.90 Å². The molecule has 0 aliphatic carbocycles. The van der Waals surface area contributed by atoms with E-state index in [1.807, 2.05) is 6.92 Å². The largest absolute Gasteiger partial charge is 0.453 e.